The lowest BCUT2D eigenvalue weighted by Gasteiger charge is -2.28. The van der Waals surface area contributed by atoms with Crippen molar-refractivity contribution in [2.75, 3.05) is 33.9 Å². The number of phosphoric ester groups is 1. The predicted molar refractivity (Wildman–Crippen MR) is 109 cm³/mol. The lowest BCUT2D eigenvalue weighted by molar-refractivity contribution is -0.148. The monoisotopic (exact) mass is 482 g/mol. The number of nitrogens with one attached hydrogen (secondary N) is 2. The normalized spacial score (nSPS) is 23.9. The van der Waals surface area contributed by atoms with E-state index in [1.54, 1.807) is 7.05 Å². The third-order valence-electron chi connectivity index (χ3n) is 4.14. The molecule has 0 bridgehead atoms. The Kier molecular flexibility index (Phi) is 11.1. The number of rotatable bonds is 12. The predicted octanol–water partition coefficient (Wildman–Crippen LogP) is -0.792. The Morgan fingerprint density at radius 2 is 2.12 bits per heavy atom. The van der Waals surface area contributed by atoms with Crippen molar-refractivity contribution in [2.45, 2.75) is 37.8 Å². The van der Waals surface area contributed by atoms with Gasteiger partial charge in [0.05, 0.1) is 19.1 Å². The first-order valence-electron chi connectivity index (χ1n) is 9.44. The zero-order chi connectivity index (χ0) is 24.4. The second-order valence-electron chi connectivity index (χ2n) is 6.92. The molecule has 0 aliphatic carbocycles. The molecule has 1 unspecified atom stereocenters. The second kappa shape index (κ2) is 12.7. The first kappa shape index (κ1) is 27.8. The fourth-order valence-corrected chi connectivity index (χ4v) is 3.06. The maximum absolute atomic E-state index is 14.9. The molecule has 1 aliphatic rings. The van der Waals surface area contributed by atoms with Gasteiger partial charge in [-0.15, -0.1) is 0 Å². The van der Waals surface area contributed by atoms with Crippen LogP contribution in [0.25, 0.3) is 0 Å². The lowest BCUT2D eigenvalue weighted by atomic mass is 10.0. The lowest BCUT2D eigenvalue weighted by Crippen LogP contribution is -2.43. The molecule has 0 radical (unpaired) electrons. The maximum Gasteiger partial charge on any atom is 0.469 e. The van der Waals surface area contributed by atoms with E-state index in [-0.39, 0.29) is 25.1 Å². The number of alkyl halides is 1. The fourth-order valence-electron chi connectivity index (χ4n) is 2.70. The van der Waals surface area contributed by atoms with Gasteiger partial charge in [0.2, 0.25) is 6.41 Å². The van der Waals surface area contributed by atoms with Crippen molar-refractivity contribution in [3.8, 4) is 0 Å². The third kappa shape index (κ3) is 9.94. The smallest absolute Gasteiger partial charge is 0.456 e. The maximum atomic E-state index is 14.9. The molecule has 1 rings (SSSR count). The minimum absolute atomic E-state index is 0.00642. The summed E-state index contributed by atoms with van der Waals surface area (Å²) < 4.78 is 40.2. The highest BCUT2D eigenvalue weighted by Crippen LogP contribution is 2.40. The molecule has 182 valence electrons. The van der Waals surface area contributed by atoms with Crippen LogP contribution < -0.4 is 10.6 Å². The van der Waals surface area contributed by atoms with E-state index >= 15 is 0 Å². The minimum Gasteiger partial charge on any atom is -0.456 e. The van der Waals surface area contributed by atoms with Gasteiger partial charge in [0.25, 0.3) is 5.91 Å². The SMILES string of the molecule is C/N=C(\C=C/N(C=O)[C@@H]1OC(COP(=O)(O)O)C[C@@]1(C)F)NC(=O)COC(=O)CCNC. The van der Waals surface area contributed by atoms with Gasteiger partial charge >= 0.3 is 13.8 Å². The summed E-state index contributed by atoms with van der Waals surface area (Å²) in [6.45, 7) is 0.456. The van der Waals surface area contributed by atoms with Crippen LogP contribution >= 0.6 is 7.82 Å². The second-order valence-corrected chi connectivity index (χ2v) is 8.16. The van der Waals surface area contributed by atoms with Crippen LogP contribution in [0, 0.1) is 0 Å². The number of ether oxygens (including phenoxy) is 2. The van der Waals surface area contributed by atoms with Crippen LogP contribution in [0.2, 0.25) is 0 Å². The molecule has 13 nitrogen and oxygen atoms in total. The molecule has 0 aromatic rings. The Morgan fingerprint density at radius 1 is 1.44 bits per heavy atom. The third-order valence-corrected chi connectivity index (χ3v) is 4.63. The van der Waals surface area contributed by atoms with Gasteiger partial charge in [-0.3, -0.25) is 28.8 Å². The van der Waals surface area contributed by atoms with E-state index in [1.165, 1.54) is 20.0 Å². The zero-order valence-electron chi connectivity index (χ0n) is 17.9. The van der Waals surface area contributed by atoms with E-state index in [0.717, 1.165) is 11.1 Å². The van der Waals surface area contributed by atoms with Crippen LogP contribution in [0.1, 0.15) is 19.8 Å². The first-order chi connectivity index (χ1) is 14.9. The van der Waals surface area contributed by atoms with Crippen molar-refractivity contribution in [3.63, 3.8) is 0 Å². The van der Waals surface area contributed by atoms with Crippen LogP contribution in [0.15, 0.2) is 17.3 Å². The number of carbonyl (C=O) groups is 3. The average molecular weight is 482 g/mol. The Morgan fingerprint density at radius 3 is 2.69 bits per heavy atom. The number of carbonyl (C=O) groups excluding carboxylic acids is 3. The molecule has 1 aliphatic heterocycles. The van der Waals surface area contributed by atoms with Gasteiger partial charge in [-0.05, 0) is 20.0 Å². The number of hydrogen-bond donors (Lipinski definition) is 4. The van der Waals surface area contributed by atoms with E-state index in [4.69, 9.17) is 19.3 Å². The highest BCUT2D eigenvalue weighted by atomic mass is 31.2. The van der Waals surface area contributed by atoms with Gasteiger partial charge in [0.15, 0.2) is 18.5 Å². The number of nitrogens with zero attached hydrogens (tertiary/aromatic N) is 2. The van der Waals surface area contributed by atoms with Crippen molar-refractivity contribution in [1.82, 2.24) is 15.5 Å². The molecule has 0 aromatic carbocycles. The summed E-state index contributed by atoms with van der Waals surface area (Å²) in [5.41, 5.74) is -2.05. The average Bonchev–Trinajstić information content (AvgIpc) is 3.02. The van der Waals surface area contributed by atoms with E-state index in [0.29, 0.717) is 6.54 Å². The number of amides is 2. The molecule has 0 spiro atoms. The van der Waals surface area contributed by atoms with Gasteiger partial charge < -0.3 is 29.9 Å². The van der Waals surface area contributed by atoms with E-state index in [9.17, 15) is 23.3 Å². The van der Waals surface area contributed by atoms with Crippen LogP contribution in [-0.2, 0) is 32.9 Å². The van der Waals surface area contributed by atoms with Crippen molar-refractivity contribution >= 4 is 31.9 Å². The minimum atomic E-state index is -4.76. The number of halogens is 1. The first-order valence-corrected chi connectivity index (χ1v) is 11.0. The molecule has 2 amide bonds. The Hall–Kier alpha value is -2.22. The molecule has 4 N–H and O–H groups in total. The van der Waals surface area contributed by atoms with E-state index in [1.807, 2.05) is 0 Å². The van der Waals surface area contributed by atoms with Crippen LogP contribution in [-0.4, -0.2) is 90.7 Å². The van der Waals surface area contributed by atoms with Crippen molar-refractivity contribution < 1.29 is 47.1 Å². The molecule has 1 saturated heterocycles. The Bertz CT molecular complexity index is 771. The van der Waals surface area contributed by atoms with Gasteiger partial charge in [0.1, 0.15) is 5.84 Å². The molecule has 0 aromatic heterocycles. The van der Waals surface area contributed by atoms with E-state index < -0.39 is 50.9 Å². The largest absolute Gasteiger partial charge is 0.469 e. The number of phosphoric acid groups is 1. The quantitative estimate of drug-likeness (QED) is 0.0906. The molecule has 1 fully saturated rings. The summed E-state index contributed by atoms with van der Waals surface area (Å²) in [4.78, 5) is 57.0. The van der Waals surface area contributed by atoms with Crippen molar-refractivity contribution in [3.05, 3.63) is 12.3 Å². The summed E-state index contributed by atoms with van der Waals surface area (Å²) in [7, 11) is -1.75. The standard InChI is InChI=1S/C17H28FN4O9P/c1-17(18)8-12(9-30-32(26,27)28)31-16(17)22(11-23)7-5-13(20-3)21-14(24)10-29-15(25)4-6-19-2/h5,7,11-12,16,19H,4,6,8-10H2,1-3H3,(H,20,21,24)(H2,26,27,28)/b7-5-/t12?,16-,17-/m1/s1. The fraction of sp³-hybridized carbons (Fsp3) is 0.647. The number of hydrogen-bond acceptors (Lipinski definition) is 9. The highest BCUT2D eigenvalue weighted by Gasteiger charge is 2.48. The Labute approximate surface area is 184 Å². The van der Waals surface area contributed by atoms with Crippen LogP contribution in [0.4, 0.5) is 4.39 Å². The van der Waals surface area contributed by atoms with Crippen molar-refractivity contribution in [1.29, 1.82) is 0 Å². The summed E-state index contributed by atoms with van der Waals surface area (Å²) in [5, 5.41) is 5.13. The molecular formula is C17H28FN4O9P. The number of esters is 1. The molecule has 32 heavy (non-hydrogen) atoms. The molecular weight excluding hydrogens is 454 g/mol. The highest BCUT2D eigenvalue weighted by molar-refractivity contribution is 7.46. The topological polar surface area (TPSA) is 176 Å². The summed E-state index contributed by atoms with van der Waals surface area (Å²) in [5.74, 6) is -1.24. The molecule has 0 saturated carbocycles. The summed E-state index contributed by atoms with van der Waals surface area (Å²) in [6.07, 6.45) is -0.00358. The van der Waals surface area contributed by atoms with Gasteiger partial charge in [-0.1, -0.05) is 0 Å². The summed E-state index contributed by atoms with van der Waals surface area (Å²) in [6, 6.07) is 0. The van der Waals surface area contributed by atoms with Crippen LogP contribution in [0.3, 0.4) is 0 Å². The molecule has 3 atom stereocenters. The van der Waals surface area contributed by atoms with E-state index in [2.05, 4.69) is 20.1 Å². The molecule has 1 heterocycles. The summed E-state index contributed by atoms with van der Waals surface area (Å²) >= 11 is 0. The van der Waals surface area contributed by atoms with Gasteiger partial charge in [-0.25, -0.2) is 8.96 Å². The van der Waals surface area contributed by atoms with Crippen molar-refractivity contribution in [2.24, 2.45) is 4.99 Å². The van der Waals surface area contributed by atoms with Crippen LogP contribution in [0.5, 0.6) is 0 Å². The number of amidine groups is 1. The van der Waals surface area contributed by atoms with Gasteiger partial charge in [-0.2, -0.15) is 0 Å². The number of aliphatic imine (C=N–C) groups is 1. The molecule has 15 heteroatoms. The van der Waals surface area contributed by atoms with Gasteiger partial charge in [0, 0.05) is 26.2 Å². The Balaban J connectivity index is 2.68. The zero-order valence-corrected chi connectivity index (χ0v) is 18.8.